The first-order valence-electron chi connectivity index (χ1n) is 11.6. The molecule has 0 radical (unpaired) electrons. The highest BCUT2D eigenvalue weighted by molar-refractivity contribution is 6.58. The highest BCUT2D eigenvalue weighted by Crippen LogP contribution is 2.29. The molecule has 9 nitrogen and oxygen atoms in total. The van der Waals surface area contributed by atoms with Crippen LogP contribution in [0, 0.1) is 11.6 Å². The standard InChI is InChI=1S/C26H23BF2N2O7/c1-15(32)30-12-20-13-31(26(34)38-20)19-7-9-21(24(29)11-19)17-4-2-16(3-5-17)14-37-25(33)22-8-6-18(27(35)36)10-23(22)28/h2-11,20,35-36H,12-14H2,1H3,(H,30,32). The van der Waals surface area contributed by atoms with E-state index in [1.807, 2.05) is 0 Å². The Labute approximate surface area is 216 Å². The van der Waals surface area contributed by atoms with Gasteiger partial charge in [0.15, 0.2) is 0 Å². The smallest absolute Gasteiger partial charge is 0.457 e. The van der Waals surface area contributed by atoms with Gasteiger partial charge in [-0.05, 0) is 46.9 Å². The predicted molar refractivity (Wildman–Crippen MR) is 133 cm³/mol. The first-order chi connectivity index (χ1) is 18.1. The van der Waals surface area contributed by atoms with Crippen LogP contribution >= 0.6 is 0 Å². The van der Waals surface area contributed by atoms with Gasteiger partial charge in [0.05, 0.1) is 24.3 Å². The lowest BCUT2D eigenvalue weighted by Gasteiger charge is -2.15. The van der Waals surface area contributed by atoms with Crippen LogP contribution in [0.2, 0.25) is 0 Å². The van der Waals surface area contributed by atoms with Crippen molar-refractivity contribution >= 4 is 36.2 Å². The molecule has 196 valence electrons. The summed E-state index contributed by atoms with van der Waals surface area (Å²) in [5.41, 5.74) is 1.28. The van der Waals surface area contributed by atoms with Gasteiger partial charge in [-0.3, -0.25) is 9.69 Å². The highest BCUT2D eigenvalue weighted by Gasteiger charge is 2.32. The summed E-state index contributed by atoms with van der Waals surface area (Å²) in [5.74, 6) is -2.68. The van der Waals surface area contributed by atoms with Crippen LogP contribution in [0.1, 0.15) is 22.8 Å². The molecular formula is C26H23BF2N2O7. The fourth-order valence-corrected chi connectivity index (χ4v) is 3.87. The topological polar surface area (TPSA) is 125 Å². The quantitative estimate of drug-likeness (QED) is 0.305. The number of rotatable bonds is 8. The third kappa shape index (κ3) is 6.16. The van der Waals surface area contributed by atoms with Gasteiger partial charge in [-0.1, -0.05) is 30.3 Å². The van der Waals surface area contributed by atoms with Gasteiger partial charge in [-0.25, -0.2) is 18.4 Å². The first-order valence-corrected chi connectivity index (χ1v) is 11.6. The molecular weight excluding hydrogens is 501 g/mol. The van der Waals surface area contributed by atoms with Crippen LogP contribution in [0.5, 0.6) is 0 Å². The number of nitrogens with one attached hydrogen (secondary N) is 1. The van der Waals surface area contributed by atoms with E-state index in [4.69, 9.17) is 19.5 Å². The molecule has 1 heterocycles. The maximum absolute atomic E-state index is 15.0. The fourth-order valence-electron chi connectivity index (χ4n) is 3.87. The molecule has 12 heteroatoms. The van der Waals surface area contributed by atoms with Crippen LogP contribution in [0.25, 0.3) is 11.1 Å². The molecule has 1 fully saturated rings. The second kappa shape index (κ2) is 11.4. The van der Waals surface area contributed by atoms with Gasteiger partial charge in [0, 0.05) is 12.5 Å². The molecule has 0 saturated carbocycles. The molecule has 1 aliphatic rings. The van der Waals surface area contributed by atoms with Crippen LogP contribution in [-0.4, -0.2) is 54.3 Å². The Hall–Kier alpha value is -4.29. The minimum Gasteiger partial charge on any atom is -0.457 e. The largest absolute Gasteiger partial charge is 0.488 e. The van der Waals surface area contributed by atoms with E-state index in [1.165, 1.54) is 30.0 Å². The molecule has 38 heavy (non-hydrogen) atoms. The normalized spacial score (nSPS) is 14.7. The molecule has 1 aliphatic heterocycles. The predicted octanol–water partition coefficient (Wildman–Crippen LogP) is 2.13. The number of benzene rings is 3. The van der Waals surface area contributed by atoms with Gasteiger partial charge in [-0.15, -0.1) is 0 Å². The molecule has 4 rings (SSSR count). The number of halogens is 2. The van der Waals surface area contributed by atoms with Gasteiger partial charge in [0.25, 0.3) is 0 Å². The van der Waals surface area contributed by atoms with Crippen LogP contribution in [0.15, 0.2) is 60.7 Å². The molecule has 3 N–H and O–H groups in total. The van der Waals surface area contributed by atoms with Crippen molar-refractivity contribution < 1.29 is 42.7 Å². The molecule has 1 atom stereocenters. The third-order valence-corrected chi connectivity index (χ3v) is 5.86. The Morgan fingerprint density at radius 3 is 2.45 bits per heavy atom. The van der Waals surface area contributed by atoms with Crippen molar-refractivity contribution in [3.8, 4) is 11.1 Å². The Bertz CT molecular complexity index is 1370. The summed E-state index contributed by atoms with van der Waals surface area (Å²) in [4.78, 5) is 36.8. The molecule has 2 amide bonds. The Kier molecular flexibility index (Phi) is 8.03. The molecule has 0 aliphatic carbocycles. The van der Waals surface area contributed by atoms with Crippen molar-refractivity contribution in [1.29, 1.82) is 0 Å². The summed E-state index contributed by atoms with van der Waals surface area (Å²) in [7, 11) is -1.86. The van der Waals surface area contributed by atoms with Gasteiger partial charge < -0.3 is 24.8 Å². The number of hydrogen-bond acceptors (Lipinski definition) is 7. The summed E-state index contributed by atoms with van der Waals surface area (Å²) in [6, 6.07) is 14.0. The number of esters is 1. The van der Waals surface area contributed by atoms with Crippen molar-refractivity contribution in [1.82, 2.24) is 5.32 Å². The van der Waals surface area contributed by atoms with E-state index >= 15 is 0 Å². The average molecular weight is 524 g/mol. The Morgan fingerprint density at radius 2 is 1.82 bits per heavy atom. The zero-order chi connectivity index (χ0) is 27.4. The van der Waals surface area contributed by atoms with Crippen molar-refractivity contribution in [2.75, 3.05) is 18.0 Å². The number of amides is 2. The molecule has 0 spiro atoms. The first kappa shape index (κ1) is 26.8. The lowest BCUT2D eigenvalue weighted by molar-refractivity contribution is -0.119. The van der Waals surface area contributed by atoms with Crippen LogP contribution < -0.4 is 15.7 Å². The maximum atomic E-state index is 15.0. The summed E-state index contributed by atoms with van der Waals surface area (Å²) in [6.07, 6.45) is -1.17. The van der Waals surface area contributed by atoms with E-state index in [0.29, 0.717) is 16.8 Å². The zero-order valence-electron chi connectivity index (χ0n) is 20.2. The van der Waals surface area contributed by atoms with E-state index in [0.717, 1.165) is 12.1 Å². The Balaban J connectivity index is 1.38. The molecule has 1 saturated heterocycles. The minimum atomic E-state index is -1.86. The van der Waals surface area contributed by atoms with E-state index in [2.05, 4.69) is 5.32 Å². The van der Waals surface area contributed by atoms with Gasteiger partial charge >= 0.3 is 19.2 Å². The lowest BCUT2D eigenvalue weighted by atomic mass is 9.80. The van der Waals surface area contributed by atoms with Crippen molar-refractivity contribution in [3.63, 3.8) is 0 Å². The van der Waals surface area contributed by atoms with E-state index in [-0.39, 0.29) is 42.2 Å². The summed E-state index contributed by atoms with van der Waals surface area (Å²) in [6.45, 7) is 1.52. The van der Waals surface area contributed by atoms with Gasteiger partial charge in [0.2, 0.25) is 5.91 Å². The lowest BCUT2D eigenvalue weighted by Crippen LogP contribution is -2.33. The van der Waals surface area contributed by atoms with Crippen molar-refractivity contribution in [2.24, 2.45) is 0 Å². The van der Waals surface area contributed by atoms with E-state index in [1.54, 1.807) is 30.3 Å². The molecule has 3 aromatic rings. The molecule has 0 aromatic heterocycles. The van der Waals surface area contributed by atoms with Crippen LogP contribution in [0.4, 0.5) is 19.3 Å². The van der Waals surface area contributed by atoms with E-state index < -0.39 is 36.9 Å². The number of nitrogens with zero attached hydrogens (tertiary/aromatic N) is 1. The molecule has 1 unspecified atom stereocenters. The van der Waals surface area contributed by atoms with Crippen molar-refractivity contribution in [2.45, 2.75) is 19.6 Å². The Morgan fingerprint density at radius 1 is 1.08 bits per heavy atom. The number of carbonyl (C=O) groups is 3. The average Bonchev–Trinajstić information content (AvgIpc) is 3.26. The SMILES string of the molecule is CC(=O)NCC1CN(c2ccc(-c3ccc(COC(=O)c4ccc(B(O)O)cc4F)cc3)c(F)c2)C(=O)O1. The second-order valence-corrected chi connectivity index (χ2v) is 8.60. The second-order valence-electron chi connectivity index (χ2n) is 8.60. The van der Waals surface area contributed by atoms with E-state index in [9.17, 15) is 23.2 Å². The number of anilines is 1. The fraction of sp³-hybridized carbons (Fsp3) is 0.192. The molecule has 0 bridgehead atoms. The summed E-state index contributed by atoms with van der Waals surface area (Å²) < 4.78 is 39.4. The number of hydrogen-bond donors (Lipinski definition) is 3. The molecule has 3 aromatic carbocycles. The van der Waals surface area contributed by atoms with Crippen molar-refractivity contribution in [3.05, 3.63) is 83.4 Å². The van der Waals surface area contributed by atoms with Crippen LogP contribution in [0.3, 0.4) is 0 Å². The monoisotopic (exact) mass is 524 g/mol. The van der Waals surface area contributed by atoms with Gasteiger partial charge in [0.1, 0.15) is 24.3 Å². The summed E-state index contributed by atoms with van der Waals surface area (Å²) in [5, 5.41) is 20.8. The zero-order valence-corrected chi connectivity index (χ0v) is 20.2. The van der Waals surface area contributed by atoms with Crippen LogP contribution in [-0.2, 0) is 20.9 Å². The summed E-state index contributed by atoms with van der Waals surface area (Å²) >= 11 is 0. The maximum Gasteiger partial charge on any atom is 0.488 e. The minimum absolute atomic E-state index is 0.0959. The van der Waals surface area contributed by atoms with Gasteiger partial charge in [-0.2, -0.15) is 0 Å². The highest BCUT2D eigenvalue weighted by atomic mass is 19.1. The number of carbonyl (C=O) groups excluding carboxylic acids is 3. The number of cyclic esters (lactones) is 1. The third-order valence-electron chi connectivity index (χ3n) is 5.86. The number of ether oxygens (including phenoxy) is 2.